The fourth-order valence-electron chi connectivity index (χ4n) is 2.36. The summed E-state index contributed by atoms with van der Waals surface area (Å²) in [5.41, 5.74) is 1.19. The molecule has 0 spiro atoms. The molecule has 1 aliphatic rings. The maximum Gasteiger partial charge on any atom is 0.0543 e. The number of hydrogen-bond donors (Lipinski definition) is 1. The van der Waals surface area contributed by atoms with Crippen LogP contribution in [0.4, 0.5) is 0 Å². The quantitative estimate of drug-likeness (QED) is 0.843. The minimum Gasteiger partial charge on any atom is -0.314 e. The average Bonchev–Trinajstić information content (AvgIpc) is 2.39. The van der Waals surface area contributed by atoms with E-state index in [1.165, 1.54) is 38.0 Å². The summed E-state index contributed by atoms with van der Waals surface area (Å²) in [6.07, 6.45) is 5.65. The van der Waals surface area contributed by atoms with Crippen LogP contribution in [0.25, 0.3) is 0 Å². The minimum atomic E-state index is 0.731. The number of rotatable bonds is 5. The molecular weight excluding hydrogens is 210 g/mol. The predicted molar refractivity (Wildman–Crippen MR) is 70.8 cm³/mol. The van der Waals surface area contributed by atoms with Gasteiger partial charge in [-0.15, -0.1) is 0 Å². The summed E-state index contributed by atoms with van der Waals surface area (Å²) in [5.74, 6) is 0. The van der Waals surface area contributed by atoms with Crippen LogP contribution in [0.15, 0.2) is 24.4 Å². The van der Waals surface area contributed by atoms with Gasteiger partial charge < -0.3 is 5.32 Å². The highest BCUT2D eigenvalue weighted by atomic mass is 15.1. The fourth-order valence-corrected chi connectivity index (χ4v) is 2.36. The first kappa shape index (κ1) is 12.5. The number of nitrogens with zero attached hydrogens (tertiary/aromatic N) is 2. The molecule has 0 radical (unpaired) electrons. The molecule has 0 saturated carbocycles. The summed E-state index contributed by atoms with van der Waals surface area (Å²) in [4.78, 5) is 6.89. The average molecular weight is 233 g/mol. The Kier molecular flexibility index (Phi) is 4.95. The second kappa shape index (κ2) is 6.72. The van der Waals surface area contributed by atoms with Crippen molar-refractivity contribution < 1.29 is 0 Å². The first-order valence-electron chi connectivity index (χ1n) is 6.74. The standard InChI is InChI=1S/C14H23N3/c1-2-8-15-13-6-10-17(11-7-13)12-14-5-3-4-9-16-14/h3-5,9,13,15H,2,6-8,10-12H2,1H3. The lowest BCUT2D eigenvalue weighted by Gasteiger charge is -2.32. The molecule has 1 aromatic rings. The van der Waals surface area contributed by atoms with Gasteiger partial charge in [0.05, 0.1) is 5.69 Å². The number of hydrogen-bond acceptors (Lipinski definition) is 3. The normalized spacial score (nSPS) is 18.4. The first-order chi connectivity index (χ1) is 8.38. The van der Waals surface area contributed by atoms with Crippen molar-refractivity contribution in [3.05, 3.63) is 30.1 Å². The van der Waals surface area contributed by atoms with Crippen molar-refractivity contribution in [2.24, 2.45) is 0 Å². The van der Waals surface area contributed by atoms with Crippen molar-refractivity contribution in [2.75, 3.05) is 19.6 Å². The molecule has 0 aromatic carbocycles. The van der Waals surface area contributed by atoms with Crippen LogP contribution in [0.1, 0.15) is 31.9 Å². The van der Waals surface area contributed by atoms with E-state index in [0.717, 1.165) is 19.1 Å². The molecule has 94 valence electrons. The smallest absolute Gasteiger partial charge is 0.0543 e. The van der Waals surface area contributed by atoms with Crippen LogP contribution in [-0.4, -0.2) is 35.6 Å². The Bertz CT molecular complexity index is 305. The SMILES string of the molecule is CCCNC1CCN(Cc2ccccn2)CC1. The molecule has 0 aliphatic carbocycles. The number of aromatic nitrogens is 1. The second-order valence-electron chi connectivity index (χ2n) is 4.83. The van der Waals surface area contributed by atoms with E-state index in [0.29, 0.717) is 0 Å². The topological polar surface area (TPSA) is 28.2 Å². The van der Waals surface area contributed by atoms with Crippen LogP contribution in [0, 0.1) is 0 Å². The number of likely N-dealkylation sites (tertiary alicyclic amines) is 1. The van der Waals surface area contributed by atoms with Crippen molar-refractivity contribution in [2.45, 2.75) is 38.8 Å². The highest BCUT2D eigenvalue weighted by molar-refractivity contribution is 5.03. The van der Waals surface area contributed by atoms with E-state index in [9.17, 15) is 0 Å². The lowest BCUT2D eigenvalue weighted by molar-refractivity contribution is 0.189. The molecule has 0 amide bonds. The number of nitrogens with one attached hydrogen (secondary N) is 1. The van der Waals surface area contributed by atoms with Gasteiger partial charge in [0.1, 0.15) is 0 Å². The molecule has 0 atom stereocenters. The van der Waals surface area contributed by atoms with Gasteiger partial charge in [-0.05, 0) is 37.9 Å². The van der Waals surface area contributed by atoms with E-state index >= 15 is 0 Å². The molecular formula is C14H23N3. The zero-order chi connectivity index (χ0) is 11.9. The van der Waals surface area contributed by atoms with Crippen molar-refractivity contribution >= 4 is 0 Å². The fraction of sp³-hybridized carbons (Fsp3) is 0.643. The maximum absolute atomic E-state index is 4.38. The third kappa shape index (κ3) is 4.10. The van der Waals surface area contributed by atoms with Crippen molar-refractivity contribution in [3.8, 4) is 0 Å². The Morgan fingerprint density at radius 3 is 2.82 bits per heavy atom. The van der Waals surface area contributed by atoms with Crippen LogP contribution >= 0.6 is 0 Å². The Morgan fingerprint density at radius 2 is 2.18 bits per heavy atom. The van der Waals surface area contributed by atoms with Gasteiger partial charge in [-0.3, -0.25) is 9.88 Å². The Labute approximate surface area is 104 Å². The zero-order valence-electron chi connectivity index (χ0n) is 10.7. The maximum atomic E-state index is 4.38. The van der Waals surface area contributed by atoms with E-state index in [1.807, 2.05) is 12.3 Å². The first-order valence-corrected chi connectivity index (χ1v) is 6.74. The third-order valence-electron chi connectivity index (χ3n) is 3.38. The van der Waals surface area contributed by atoms with Gasteiger partial charge in [0.25, 0.3) is 0 Å². The Hall–Kier alpha value is -0.930. The molecule has 17 heavy (non-hydrogen) atoms. The molecule has 3 nitrogen and oxygen atoms in total. The highest BCUT2D eigenvalue weighted by Crippen LogP contribution is 2.12. The second-order valence-corrected chi connectivity index (χ2v) is 4.83. The monoisotopic (exact) mass is 233 g/mol. The van der Waals surface area contributed by atoms with Crippen LogP contribution in [0.2, 0.25) is 0 Å². The highest BCUT2D eigenvalue weighted by Gasteiger charge is 2.18. The summed E-state index contributed by atoms with van der Waals surface area (Å²) < 4.78 is 0. The summed E-state index contributed by atoms with van der Waals surface area (Å²) in [7, 11) is 0. The molecule has 0 bridgehead atoms. The van der Waals surface area contributed by atoms with Gasteiger partial charge >= 0.3 is 0 Å². The van der Waals surface area contributed by atoms with Gasteiger partial charge in [0.15, 0.2) is 0 Å². The molecule has 0 unspecified atom stereocenters. The number of piperidine rings is 1. The van der Waals surface area contributed by atoms with E-state index in [2.05, 4.69) is 34.3 Å². The number of pyridine rings is 1. The Morgan fingerprint density at radius 1 is 1.35 bits per heavy atom. The van der Waals surface area contributed by atoms with E-state index in [4.69, 9.17) is 0 Å². The molecule has 1 aromatic heterocycles. The molecule has 3 heteroatoms. The lowest BCUT2D eigenvalue weighted by atomic mass is 10.0. The predicted octanol–water partition coefficient (Wildman–Crippen LogP) is 2.05. The van der Waals surface area contributed by atoms with E-state index in [-0.39, 0.29) is 0 Å². The van der Waals surface area contributed by atoms with Gasteiger partial charge in [0.2, 0.25) is 0 Å². The molecule has 1 N–H and O–H groups in total. The summed E-state index contributed by atoms with van der Waals surface area (Å²) in [6, 6.07) is 6.89. The van der Waals surface area contributed by atoms with Crippen LogP contribution < -0.4 is 5.32 Å². The molecule has 1 saturated heterocycles. The summed E-state index contributed by atoms with van der Waals surface area (Å²) in [6.45, 7) is 6.77. The van der Waals surface area contributed by atoms with Gasteiger partial charge in [-0.25, -0.2) is 0 Å². The van der Waals surface area contributed by atoms with Crippen LogP contribution in [-0.2, 0) is 6.54 Å². The minimum absolute atomic E-state index is 0.731. The Balaban J connectivity index is 1.72. The zero-order valence-corrected chi connectivity index (χ0v) is 10.7. The summed E-state index contributed by atoms with van der Waals surface area (Å²) >= 11 is 0. The van der Waals surface area contributed by atoms with Gasteiger partial charge in [0, 0.05) is 31.9 Å². The summed E-state index contributed by atoms with van der Waals surface area (Å²) in [5, 5.41) is 3.61. The molecule has 2 rings (SSSR count). The van der Waals surface area contributed by atoms with Gasteiger partial charge in [-0.1, -0.05) is 13.0 Å². The largest absolute Gasteiger partial charge is 0.314 e. The van der Waals surface area contributed by atoms with Gasteiger partial charge in [-0.2, -0.15) is 0 Å². The molecule has 1 aliphatic heterocycles. The van der Waals surface area contributed by atoms with Crippen molar-refractivity contribution in [1.82, 2.24) is 15.2 Å². The lowest BCUT2D eigenvalue weighted by Crippen LogP contribution is -2.42. The van der Waals surface area contributed by atoms with Crippen LogP contribution in [0.3, 0.4) is 0 Å². The van der Waals surface area contributed by atoms with E-state index in [1.54, 1.807) is 0 Å². The van der Waals surface area contributed by atoms with E-state index < -0.39 is 0 Å². The van der Waals surface area contributed by atoms with Crippen molar-refractivity contribution in [1.29, 1.82) is 0 Å². The van der Waals surface area contributed by atoms with Crippen molar-refractivity contribution in [3.63, 3.8) is 0 Å². The van der Waals surface area contributed by atoms with Crippen LogP contribution in [0.5, 0.6) is 0 Å². The third-order valence-corrected chi connectivity index (χ3v) is 3.38. The molecule has 1 fully saturated rings. The molecule has 2 heterocycles.